The highest BCUT2D eigenvalue weighted by atomic mass is 16.2. The molecule has 0 bridgehead atoms. The van der Waals surface area contributed by atoms with Gasteiger partial charge in [-0.15, -0.1) is 6.58 Å². The van der Waals surface area contributed by atoms with E-state index in [1.54, 1.807) is 11.0 Å². The highest BCUT2D eigenvalue weighted by Gasteiger charge is 2.12. The molecule has 1 aromatic rings. The summed E-state index contributed by atoms with van der Waals surface area (Å²) in [5, 5.41) is 2.79. The summed E-state index contributed by atoms with van der Waals surface area (Å²) in [7, 11) is 1.97. The summed E-state index contributed by atoms with van der Waals surface area (Å²) < 4.78 is 2.01. The summed E-state index contributed by atoms with van der Waals surface area (Å²) in [6.45, 7) is 7.37. The molecule has 1 N–H and O–H groups in total. The fourth-order valence-corrected chi connectivity index (χ4v) is 1.49. The van der Waals surface area contributed by atoms with Crippen LogP contribution >= 0.6 is 0 Å². The number of rotatable bonds is 5. The van der Waals surface area contributed by atoms with Gasteiger partial charge in [0.1, 0.15) is 0 Å². The number of nitrogens with zero attached hydrogens (tertiary/aromatic N) is 2. The zero-order chi connectivity index (χ0) is 12.0. The molecule has 1 heterocycles. The normalized spacial score (nSPS) is 9.88. The molecule has 2 amide bonds. The van der Waals surface area contributed by atoms with Crippen molar-refractivity contribution in [3.05, 3.63) is 36.7 Å². The Morgan fingerprint density at radius 2 is 2.44 bits per heavy atom. The van der Waals surface area contributed by atoms with Gasteiger partial charge in [0.05, 0.1) is 6.54 Å². The Bertz CT molecular complexity index is 357. The van der Waals surface area contributed by atoms with Crippen molar-refractivity contribution in [2.24, 2.45) is 7.05 Å². The molecule has 0 unspecified atom stereocenters. The molecular formula is C12H19N3O. The van der Waals surface area contributed by atoms with Crippen LogP contribution in [0.25, 0.3) is 0 Å². The summed E-state index contributed by atoms with van der Waals surface area (Å²) >= 11 is 0. The van der Waals surface area contributed by atoms with E-state index in [1.165, 1.54) is 0 Å². The average molecular weight is 221 g/mol. The van der Waals surface area contributed by atoms with Gasteiger partial charge >= 0.3 is 6.03 Å². The third kappa shape index (κ3) is 3.15. The maximum absolute atomic E-state index is 11.7. The van der Waals surface area contributed by atoms with E-state index in [-0.39, 0.29) is 6.03 Å². The van der Waals surface area contributed by atoms with Crippen molar-refractivity contribution in [1.82, 2.24) is 14.8 Å². The minimum atomic E-state index is -0.0522. The molecule has 0 aliphatic rings. The molecule has 0 fully saturated rings. The Balaban J connectivity index is 2.67. The summed E-state index contributed by atoms with van der Waals surface area (Å²) in [5.74, 6) is 0. The van der Waals surface area contributed by atoms with Crippen LogP contribution in [0.2, 0.25) is 0 Å². The Kier molecular flexibility index (Phi) is 4.64. The lowest BCUT2D eigenvalue weighted by atomic mass is 10.3. The number of carbonyl (C=O) groups is 1. The number of aromatic nitrogens is 1. The highest BCUT2D eigenvalue weighted by Crippen LogP contribution is 2.05. The maximum Gasteiger partial charge on any atom is 0.318 e. The quantitative estimate of drug-likeness (QED) is 0.756. The lowest BCUT2D eigenvalue weighted by Crippen LogP contribution is -2.39. The Hall–Kier alpha value is -1.71. The first kappa shape index (κ1) is 12.4. The molecule has 16 heavy (non-hydrogen) atoms. The van der Waals surface area contributed by atoms with Gasteiger partial charge in [-0.3, -0.25) is 0 Å². The first-order chi connectivity index (χ1) is 7.69. The molecule has 0 saturated carbocycles. The predicted molar refractivity (Wildman–Crippen MR) is 65.1 cm³/mol. The van der Waals surface area contributed by atoms with E-state index in [2.05, 4.69) is 11.9 Å². The predicted octanol–water partition coefficient (Wildman–Crippen LogP) is 1.74. The standard InChI is InChI=1S/C12H19N3O/c1-4-8-15(12(16)13-5-2)10-11-7-6-9-14(11)3/h4,6-7,9H,1,5,8,10H2,2-3H3,(H,13,16). The van der Waals surface area contributed by atoms with Crippen LogP contribution in [0.5, 0.6) is 0 Å². The van der Waals surface area contributed by atoms with Crippen LogP contribution in [0.1, 0.15) is 12.6 Å². The van der Waals surface area contributed by atoms with Crippen LogP contribution in [-0.4, -0.2) is 28.6 Å². The molecule has 88 valence electrons. The third-order valence-electron chi connectivity index (χ3n) is 2.37. The van der Waals surface area contributed by atoms with Gasteiger partial charge in [0.15, 0.2) is 0 Å². The van der Waals surface area contributed by atoms with Crippen LogP contribution in [0.15, 0.2) is 31.0 Å². The molecule has 0 aliphatic heterocycles. The van der Waals surface area contributed by atoms with Crippen molar-refractivity contribution < 1.29 is 4.79 Å². The highest BCUT2D eigenvalue weighted by molar-refractivity contribution is 5.74. The zero-order valence-corrected chi connectivity index (χ0v) is 9.94. The number of amides is 2. The van der Waals surface area contributed by atoms with Crippen LogP contribution < -0.4 is 5.32 Å². The summed E-state index contributed by atoms with van der Waals surface area (Å²) in [6.07, 6.45) is 3.71. The number of hydrogen-bond acceptors (Lipinski definition) is 1. The molecule has 1 aromatic heterocycles. The summed E-state index contributed by atoms with van der Waals surface area (Å²) in [4.78, 5) is 13.5. The number of nitrogens with one attached hydrogen (secondary N) is 1. The number of aryl methyl sites for hydroxylation is 1. The number of urea groups is 1. The molecule has 0 spiro atoms. The van der Waals surface area contributed by atoms with E-state index in [9.17, 15) is 4.79 Å². The van der Waals surface area contributed by atoms with Crippen LogP contribution in [-0.2, 0) is 13.6 Å². The van der Waals surface area contributed by atoms with Crippen molar-refractivity contribution in [3.8, 4) is 0 Å². The second-order valence-corrected chi connectivity index (χ2v) is 3.62. The molecule has 4 nitrogen and oxygen atoms in total. The molecule has 0 saturated heterocycles. The first-order valence-corrected chi connectivity index (χ1v) is 5.43. The van der Waals surface area contributed by atoms with Gasteiger partial charge in [-0.1, -0.05) is 6.08 Å². The first-order valence-electron chi connectivity index (χ1n) is 5.43. The van der Waals surface area contributed by atoms with Gasteiger partial charge in [-0.2, -0.15) is 0 Å². The van der Waals surface area contributed by atoms with Crippen LogP contribution in [0, 0.1) is 0 Å². The topological polar surface area (TPSA) is 37.3 Å². The molecule has 1 rings (SSSR count). The van der Waals surface area contributed by atoms with E-state index in [0.29, 0.717) is 19.6 Å². The molecular weight excluding hydrogens is 202 g/mol. The van der Waals surface area contributed by atoms with E-state index < -0.39 is 0 Å². The fourth-order valence-electron chi connectivity index (χ4n) is 1.49. The molecule has 0 aliphatic carbocycles. The maximum atomic E-state index is 11.7. The second-order valence-electron chi connectivity index (χ2n) is 3.62. The van der Waals surface area contributed by atoms with Crippen molar-refractivity contribution >= 4 is 6.03 Å². The second kappa shape index (κ2) is 6.00. The van der Waals surface area contributed by atoms with Gasteiger partial charge in [-0.25, -0.2) is 4.79 Å². The zero-order valence-electron chi connectivity index (χ0n) is 9.94. The van der Waals surface area contributed by atoms with E-state index in [0.717, 1.165) is 5.69 Å². The van der Waals surface area contributed by atoms with Gasteiger partial charge in [0.25, 0.3) is 0 Å². The SMILES string of the molecule is C=CCN(Cc1cccn1C)C(=O)NCC. The Morgan fingerprint density at radius 3 is 2.94 bits per heavy atom. The Labute approximate surface area is 96.6 Å². The van der Waals surface area contributed by atoms with Crippen molar-refractivity contribution in [1.29, 1.82) is 0 Å². The minimum absolute atomic E-state index is 0.0522. The summed E-state index contributed by atoms with van der Waals surface area (Å²) in [5.41, 5.74) is 1.10. The average Bonchev–Trinajstić information content (AvgIpc) is 2.64. The van der Waals surface area contributed by atoms with Gasteiger partial charge < -0.3 is 14.8 Å². The lowest BCUT2D eigenvalue weighted by Gasteiger charge is -2.21. The van der Waals surface area contributed by atoms with Crippen LogP contribution in [0.3, 0.4) is 0 Å². The van der Waals surface area contributed by atoms with Crippen molar-refractivity contribution in [2.45, 2.75) is 13.5 Å². The van der Waals surface area contributed by atoms with Gasteiger partial charge in [-0.05, 0) is 19.1 Å². The number of carbonyl (C=O) groups excluding carboxylic acids is 1. The van der Waals surface area contributed by atoms with Crippen molar-refractivity contribution in [3.63, 3.8) is 0 Å². The molecule has 0 aromatic carbocycles. The molecule has 4 heteroatoms. The van der Waals surface area contributed by atoms with Gasteiger partial charge in [0, 0.05) is 32.0 Å². The molecule has 0 radical (unpaired) electrons. The minimum Gasteiger partial charge on any atom is -0.353 e. The molecule has 0 atom stereocenters. The van der Waals surface area contributed by atoms with Crippen molar-refractivity contribution in [2.75, 3.05) is 13.1 Å². The van der Waals surface area contributed by atoms with Gasteiger partial charge in [0.2, 0.25) is 0 Å². The van der Waals surface area contributed by atoms with E-state index in [4.69, 9.17) is 0 Å². The third-order valence-corrected chi connectivity index (χ3v) is 2.37. The lowest BCUT2D eigenvalue weighted by molar-refractivity contribution is 0.200. The van der Waals surface area contributed by atoms with Crippen LogP contribution in [0.4, 0.5) is 4.79 Å². The van der Waals surface area contributed by atoms with E-state index >= 15 is 0 Å². The summed E-state index contributed by atoms with van der Waals surface area (Å²) in [6, 6.07) is 3.93. The largest absolute Gasteiger partial charge is 0.353 e. The van der Waals surface area contributed by atoms with E-state index in [1.807, 2.05) is 36.9 Å². The fraction of sp³-hybridized carbons (Fsp3) is 0.417. The monoisotopic (exact) mass is 221 g/mol. The smallest absolute Gasteiger partial charge is 0.318 e. The number of hydrogen-bond donors (Lipinski definition) is 1. The Morgan fingerprint density at radius 1 is 1.69 bits per heavy atom.